The lowest BCUT2D eigenvalue weighted by atomic mass is 10.1. The first-order chi connectivity index (χ1) is 16.2. The van der Waals surface area contributed by atoms with Crippen LogP contribution in [0.2, 0.25) is 5.02 Å². The summed E-state index contributed by atoms with van der Waals surface area (Å²) in [6.07, 6.45) is -0.0111. The van der Waals surface area contributed by atoms with Crippen LogP contribution in [0.3, 0.4) is 0 Å². The summed E-state index contributed by atoms with van der Waals surface area (Å²) in [7, 11) is 1.89. The third kappa shape index (κ3) is 6.41. The Morgan fingerprint density at radius 1 is 1.18 bits per heavy atom. The Bertz CT molecular complexity index is 1200. The third-order valence-electron chi connectivity index (χ3n) is 5.10. The number of ether oxygens (including phenoxy) is 3. The topological polar surface area (TPSA) is 114 Å². The highest BCUT2D eigenvalue weighted by molar-refractivity contribution is 6.30. The largest absolute Gasteiger partial charge is 0.491 e. The average Bonchev–Trinajstić information content (AvgIpc) is 3.10. The summed E-state index contributed by atoms with van der Waals surface area (Å²) in [5, 5.41) is 30.3. The van der Waals surface area contributed by atoms with Crippen LogP contribution in [0.5, 0.6) is 11.5 Å². The normalized spacial score (nSPS) is 13.0. The molecule has 2 N–H and O–H groups in total. The van der Waals surface area contributed by atoms with Crippen LogP contribution in [0.1, 0.15) is 25.0 Å². The van der Waals surface area contributed by atoms with Gasteiger partial charge in [-0.1, -0.05) is 11.6 Å². The second kappa shape index (κ2) is 11.3. The van der Waals surface area contributed by atoms with Crippen LogP contribution in [0.25, 0.3) is 10.9 Å². The number of carboxylic acid groups (broad SMARTS) is 1. The Balaban J connectivity index is 1.67. The maximum atomic E-state index is 11.6. The predicted molar refractivity (Wildman–Crippen MR) is 127 cm³/mol. The lowest BCUT2D eigenvalue weighted by molar-refractivity contribution is -0.153. The Morgan fingerprint density at radius 3 is 2.59 bits per heavy atom. The standard InChI is InChI=1S/C25H27ClN2O6/c1-15(2)34-24(25(30)31)9-17-12-28(3)22-6-5-20(10-21(17)22)32-13-19(29)14-33-23-7-4-18(26)8-16(23)11-27/h4-8,10,12,15,19,24,29H,9,13-14H2,1-3H3,(H,30,31). The maximum absolute atomic E-state index is 11.6. The quantitative estimate of drug-likeness (QED) is 0.422. The summed E-state index contributed by atoms with van der Waals surface area (Å²) >= 11 is 5.88. The van der Waals surface area contributed by atoms with Gasteiger partial charge in [-0.25, -0.2) is 4.79 Å². The van der Waals surface area contributed by atoms with Crippen molar-refractivity contribution in [2.75, 3.05) is 13.2 Å². The smallest absolute Gasteiger partial charge is 0.333 e. The van der Waals surface area contributed by atoms with E-state index in [9.17, 15) is 20.3 Å². The van der Waals surface area contributed by atoms with Crippen LogP contribution in [0, 0.1) is 11.3 Å². The van der Waals surface area contributed by atoms with Gasteiger partial charge in [0.15, 0.2) is 6.10 Å². The zero-order valence-corrected chi connectivity index (χ0v) is 20.0. The van der Waals surface area contributed by atoms with Gasteiger partial charge in [0.25, 0.3) is 0 Å². The molecule has 180 valence electrons. The number of hydrogen-bond donors (Lipinski definition) is 2. The van der Waals surface area contributed by atoms with E-state index in [1.54, 1.807) is 32.0 Å². The van der Waals surface area contributed by atoms with Crippen LogP contribution in [-0.4, -0.2) is 52.3 Å². The number of aromatic nitrogens is 1. The van der Waals surface area contributed by atoms with Crippen molar-refractivity contribution in [1.82, 2.24) is 4.57 Å². The van der Waals surface area contributed by atoms with Crippen LogP contribution < -0.4 is 9.47 Å². The molecule has 1 aromatic heterocycles. The SMILES string of the molecule is CC(C)OC(Cc1cn(C)c2ccc(OCC(O)COc3ccc(Cl)cc3C#N)cc12)C(=O)O. The van der Waals surface area contributed by atoms with Crippen molar-refractivity contribution >= 4 is 28.5 Å². The van der Waals surface area contributed by atoms with Crippen LogP contribution in [0.15, 0.2) is 42.6 Å². The number of carbonyl (C=O) groups is 1. The van der Waals surface area contributed by atoms with E-state index in [1.165, 1.54) is 6.07 Å². The molecule has 0 saturated carbocycles. The molecule has 3 aromatic rings. The molecule has 2 atom stereocenters. The van der Waals surface area contributed by atoms with Gasteiger partial charge >= 0.3 is 5.97 Å². The Morgan fingerprint density at radius 2 is 1.91 bits per heavy atom. The molecule has 34 heavy (non-hydrogen) atoms. The fourth-order valence-corrected chi connectivity index (χ4v) is 3.74. The summed E-state index contributed by atoms with van der Waals surface area (Å²) in [5.74, 6) is -0.153. The molecule has 0 radical (unpaired) electrons. The van der Waals surface area contributed by atoms with Crippen molar-refractivity contribution in [2.24, 2.45) is 7.05 Å². The van der Waals surface area contributed by atoms with Gasteiger partial charge in [0.1, 0.15) is 36.9 Å². The molecular weight excluding hydrogens is 460 g/mol. The van der Waals surface area contributed by atoms with Crippen molar-refractivity contribution in [3.63, 3.8) is 0 Å². The summed E-state index contributed by atoms with van der Waals surface area (Å²) in [4.78, 5) is 11.6. The molecular formula is C25H27ClN2O6. The first-order valence-corrected chi connectivity index (χ1v) is 11.1. The van der Waals surface area contributed by atoms with E-state index < -0.39 is 18.2 Å². The minimum absolute atomic E-state index is 0.0304. The van der Waals surface area contributed by atoms with Gasteiger partial charge in [-0.2, -0.15) is 5.26 Å². The average molecular weight is 487 g/mol. The monoisotopic (exact) mass is 486 g/mol. The zero-order chi connectivity index (χ0) is 24.8. The number of nitriles is 1. The van der Waals surface area contributed by atoms with Gasteiger partial charge in [-0.05, 0) is 55.8 Å². The van der Waals surface area contributed by atoms with Crippen molar-refractivity contribution in [3.05, 3.63) is 58.7 Å². The highest BCUT2D eigenvalue weighted by Gasteiger charge is 2.22. The molecule has 0 aliphatic rings. The number of rotatable bonds is 11. The first-order valence-electron chi connectivity index (χ1n) is 10.8. The summed E-state index contributed by atoms with van der Waals surface area (Å²) in [6.45, 7) is 3.50. The van der Waals surface area contributed by atoms with Crippen molar-refractivity contribution in [2.45, 2.75) is 38.6 Å². The molecule has 0 aliphatic carbocycles. The van der Waals surface area contributed by atoms with Gasteiger partial charge < -0.3 is 29.0 Å². The number of halogens is 1. The Labute approximate surface area is 202 Å². The van der Waals surface area contributed by atoms with Crippen molar-refractivity contribution in [3.8, 4) is 17.6 Å². The number of hydrogen-bond acceptors (Lipinski definition) is 6. The van der Waals surface area contributed by atoms with Gasteiger partial charge in [-0.3, -0.25) is 0 Å². The van der Waals surface area contributed by atoms with Crippen LogP contribution in [0.4, 0.5) is 0 Å². The molecule has 0 aliphatic heterocycles. The molecule has 2 unspecified atom stereocenters. The highest BCUT2D eigenvalue weighted by Crippen LogP contribution is 2.27. The second-order valence-corrected chi connectivity index (χ2v) is 8.62. The number of nitrogens with zero attached hydrogens (tertiary/aromatic N) is 2. The Kier molecular flexibility index (Phi) is 8.40. The van der Waals surface area contributed by atoms with Gasteiger partial charge in [0, 0.05) is 35.6 Å². The molecule has 2 aromatic carbocycles. The number of aliphatic carboxylic acids is 1. The highest BCUT2D eigenvalue weighted by atomic mass is 35.5. The zero-order valence-electron chi connectivity index (χ0n) is 19.2. The number of carboxylic acids is 1. The number of fused-ring (bicyclic) bond motifs is 1. The van der Waals surface area contributed by atoms with Crippen molar-refractivity contribution < 1.29 is 29.2 Å². The molecule has 0 amide bonds. The molecule has 9 heteroatoms. The molecule has 8 nitrogen and oxygen atoms in total. The van der Waals surface area contributed by atoms with E-state index in [2.05, 4.69) is 0 Å². The number of aryl methyl sites for hydroxylation is 1. The fourth-order valence-electron chi connectivity index (χ4n) is 3.57. The minimum atomic E-state index is -1.01. The Hall–Kier alpha value is -3.25. The van der Waals surface area contributed by atoms with E-state index in [0.29, 0.717) is 16.5 Å². The third-order valence-corrected chi connectivity index (χ3v) is 5.33. The van der Waals surface area contributed by atoms with E-state index in [4.69, 9.17) is 25.8 Å². The predicted octanol–water partition coefficient (Wildman–Crippen LogP) is 3.94. The molecule has 3 rings (SSSR count). The summed E-state index contributed by atoms with van der Waals surface area (Å²) < 4.78 is 18.8. The summed E-state index contributed by atoms with van der Waals surface area (Å²) in [6, 6.07) is 12.2. The van der Waals surface area contributed by atoms with Crippen LogP contribution in [-0.2, 0) is 23.0 Å². The molecule has 1 heterocycles. The number of aliphatic hydroxyl groups is 1. The lowest BCUT2D eigenvalue weighted by Crippen LogP contribution is -2.29. The van der Waals surface area contributed by atoms with Crippen molar-refractivity contribution in [1.29, 1.82) is 5.26 Å². The van der Waals surface area contributed by atoms with E-state index >= 15 is 0 Å². The number of benzene rings is 2. The van der Waals surface area contributed by atoms with Gasteiger partial charge in [0.05, 0.1) is 11.7 Å². The van der Waals surface area contributed by atoms with E-state index in [-0.39, 0.29) is 31.3 Å². The number of aliphatic hydroxyl groups excluding tert-OH is 1. The first kappa shape index (κ1) is 25.4. The fraction of sp³-hybridized carbons (Fsp3) is 0.360. The summed E-state index contributed by atoms with van der Waals surface area (Å²) in [5.41, 5.74) is 2.03. The van der Waals surface area contributed by atoms with E-state index in [1.807, 2.05) is 36.0 Å². The van der Waals surface area contributed by atoms with Gasteiger partial charge in [0.2, 0.25) is 0 Å². The van der Waals surface area contributed by atoms with E-state index in [0.717, 1.165) is 16.5 Å². The molecule has 0 saturated heterocycles. The van der Waals surface area contributed by atoms with Crippen LogP contribution >= 0.6 is 11.6 Å². The second-order valence-electron chi connectivity index (χ2n) is 8.19. The minimum Gasteiger partial charge on any atom is -0.491 e. The van der Waals surface area contributed by atoms with Gasteiger partial charge in [-0.15, -0.1) is 0 Å². The lowest BCUT2D eigenvalue weighted by Gasteiger charge is -2.16. The maximum Gasteiger partial charge on any atom is 0.333 e. The molecule has 0 fully saturated rings. The molecule has 0 spiro atoms. The molecule has 0 bridgehead atoms.